The predicted molar refractivity (Wildman–Crippen MR) is 88.1 cm³/mol. The second kappa shape index (κ2) is 7.83. The highest BCUT2D eigenvalue weighted by atomic mass is 16.6. The van der Waals surface area contributed by atoms with E-state index in [2.05, 4.69) is 43.2 Å². The molecule has 1 aromatic rings. The van der Waals surface area contributed by atoms with Gasteiger partial charge in [0.2, 0.25) is 0 Å². The third-order valence-corrected chi connectivity index (χ3v) is 3.44. The highest BCUT2D eigenvalue weighted by molar-refractivity contribution is 5.63. The van der Waals surface area contributed by atoms with Crippen LogP contribution < -0.4 is 10.6 Å². The van der Waals surface area contributed by atoms with E-state index < -0.39 is 0 Å². The Balaban J connectivity index is 2.70. The molecule has 0 aliphatic carbocycles. The lowest BCUT2D eigenvalue weighted by molar-refractivity contribution is -0.384. The summed E-state index contributed by atoms with van der Waals surface area (Å²) in [5.74, 6) is 0. The maximum Gasteiger partial charge on any atom is 0.273 e. The maximum atomic E-state index is 10.9. The van der Waals surface area contributed by atoms with Gasteiger partial charge in [-0.2, -0.15) is 0 Å². The van der Waals surface area contributed by atoms with Gasteiger partial charge in [-0.3, -0.25) is 15.0 Å². The third-order valence-electron chi connectivity index (χ3n) is 3.44. The van der Waals surface area contributed by atoms with E-state index >= 15 is 0 Å². The number of nitro benzene ring substituents is 1. The van der Waals surface area contributed by atoms with Crippen LogP contribution in [0.3, 0.4) is 0 Å². The van der Waals surface area contributed by atoms with Crippen molar-refractivity contribution < 1.29 is 4.92 Å². The molecule has 0 saturated heterocycles. The minimum Gasteiger partial charge on any atom is -0.388 e. The van der Waals surface area contributed by atoms with Gasteiger partial charge in [0.25, 0.3) is 5.69 Å². The van der Waals surface area contributed by atoms with Gasteiger partial charge in [-0.05, 0) is 33.8 Å². The molecule has 0 aromatic heterocycles. The van der Waals surface area contributed by atoms with E-state index in [0.717, 1.165) is 24.5 Å². The Hall–Kier alpha value is -1.82. The second-order valence-electron chi connectivity index (χ2n) is 5.63. The highest BCUT2D eigenvalue weighted by Gasteiger charge is 2.13. The van der Waals surface area contributed by atoms with Gasteiger partial charge in [0, 0.05) is 55.7 Å². The summed E-state index contributed by atoms with van der Waals surface area (Å²) in [4.78, 5) is 12.9. The SMILES string of the molecule is CNc1cc(NCCN(C(C)C)C(C)C)cc([N+](=O)[O-])c1. The normalized spacial score (nSPS) is 11.2. The van der Waals surface area contributed by atoms with Crippen molar-refractivity contribution in [1.82, 2.24) is 4.90 Å². The van der Waals surface area contributed by atoms with E-state index in [1.807, 2.05) is 6.07 Å². The zero-order valence-electron chi connectivity index (χ0n) is 13.5. The highest BCUT2D eigenvalue weighted by Crippen LogP contribution is 2.23. The molecule has 0 aliphatic rings. The molecule has 0 spiro atoms. The second-order valence-corrected chi connectivity index (χ2v) is 5.63. The molecule has 1 aromatic carbocycles. The topological polar surface area (TPSA) is 70.4 Å². The number of benzene rings is 1. The van der Waals surface area contributed by atoms with Gasteiger partial charge in [0.1, 0.15) is 0 Å². The molecular weight excluding hydrogens is 268 g/mol. The molecule has 0 fully saturated rings. The van der Waals surface area contributed by atoms with Crippen LogP contribution in [-0.4, -0.2) is 42.0 Å². The molecule has 0 heterocycles. The number of rotatable bonds is 8. The third kappa shape index (κ3) is 5.23. The van der Waals surface area contributed by atoms with Crippen LogP contribution in [0.25, 0.3) is 0 Å². The Morgan fingerprint density at radius 3 is 2.19 bits per heavy atom. The van der Waals surface area contributed by atoms with Gasteiger partial charge in [0.05, 0.1) is 4.92 Å². The average molecular weight is 294 g/mol. The van der Waals surface area contributed by atoms with E-state index in [1.165, 1.54) is 6.07 Å². The zero-order chi connectivity index (χ0) is 16.0. The number of non-ortho nitro benzene ring substituents is 1. The summed E-state index contributed by atoms with van der Waals surface area (Å²) in [7, 11) is 1.75. The van der Waals surface area contributed by atoms with Crippen molar-refractivity contribution in [2.45, 2.75) is 39.8 Å². The Kier molecular flexibility index (Phi) is 6.42. The molecular formula is C15H26N4O2. The van der Waals surface area contributed by atoms with Crippen molar-refractivity contribution in [3.05, 3.63) is 28.3 Å². The number of nitro groups is 1. The smallest absolute Gasteiger partial charge is 0.273 e. The predicted octanol–water partition coefficient (Wildman–Crippen LogP) is 3.17. The molecule has 1 rings (SSSR count). The first kappa shape index (κ1) is 17.2. The Morgan fingerprint density at radius 2 is 1.71 bits per heavy atom. The summed E-state index contributed by atoms with van der Waals surface area (Å²) in [6.45, 7) is 10.3. The van der Waals surface area contributed by atoms with Crippen LogP contribution in [0.2, 0.25) is 0 Å². The summed E-state index contributed by atoms with van der Waals surface area (Å²) in [5.41, 5.74) is 1.59. The van der Waals surface area contributed by atoms with Gasteiger partial charge >= 0.3 is 0 Å². The lowest BCUT2D eigenvalue weighted by Crippen LogP contribution is -2.40. The van der Waals surface area contributed by atoms with Crippen molar-refractivity contribution in [3.8, 4) is 0 Å². The van der Waals surface area contributed by atoms with E-state index in [-0.39, 0.29) is 10.6 Å². The monoisotopic (exact) mass is 294 g/mol. The first-order valence-electron chi connectivity index (χ1n) is 7.32. The van der Waals surface area contributed by atoms with Gasteiger partial charge in [-0.25, -0.2) is 0 Å². The molecule has 0 saturated carbocycles. The standard InChI is InChI=1S/C15H26N4O2/c1-11(2)18(12(3)4)7-6-17-14-8-13(16-5)9-15(10-14)19(20)21/h8-12,16-17H,6-7H2,1-5H3. The molecule has 118 valence electrons. The van der Waals surface area contributed by atoms with Crippen molar-refractivity contribution in [2.24, 2.45) is 0 Å². The zero-order valence-corrected chi connectivity index (χ0v) is 13.5. The number of nitrogens with zero attached hydrogens (tertiary/aromatic N) is 2. The molecule has 2 N–H and O–H groups in total. The number of nitrogens with one attached hydrogen (secondary N) is 2. The van der Waals surface area contributed by atoms with Crippen molar-refractivity contribution in [2.75, 3.05) is 30.8 Å². The summed E-state index contributed by atoms with van der Waals surface area (Å²) in [6, 6.07) is 5.92. The number of hydrogen-bond acceptors (Lipinski definition) is 5. The summed E-state index contributed by atoms with van der Waals surface area (Å²) >= 11 is 0. The maximum absolute atomic E-state index is 10.9. The largest absolute Gasteiger partial charge is 0.388 e. The lowest BCUT2D eigenvalue weighted by atomic mass is 10.2. The minimum absolute atomic E-state index is 0.0916. The van der Waals surface area contributed by atoms with Gasteiger partial charge in [-0.1, -0.05) is 0 Å². The van der Waals surface area contributed by atoms with Gasteiger partial charge < -0.3 is 10.6 Å². The van der Waals surface area contributed by atoms with Crippen molar-refractivity contribution in [3.63, 3.8) is 0 Å². The fraction of sp³-hybridized carbons (Fsp3) is 0.600. The summed E-state index contributed by atoms with van der Waals surface area (Å²) in [6.07, 6.45) is 0. The van der Waals surface area contributed by atoms with Gasteiger partial charge in [0.15, 0.2) is 0 Å². The average Bonchev–Trinajstić information content (AvgIpc) is 2.42. The molecule has 6 heteroatoms. The van der Waals surface area contributed by atoms with Crippen LogP contribution >= 0.6 is 0 Å². The molecule has 21 heavy (non-hydrogen) atoms. The Bertz CT molecular complexity index is 467. The first-order valence-corrected chi connectivity index (χ1v) is 7.32. The van der Waals surface area contributed by atoms with Crippen LogP contribution in [0.4, 0.5) is 17.1 Å². The summed E-state index contributed by atoms with van der Waals surface area (Å²) < 4.78 is 0. The van der Waals surface area contributed by atoms with Gasteiger partial charge in [-0.15, -0.1) is 0 Å². The van der Waals surface area contributed by atoms with E-state index in [9.17, 15) is 10.1 Å². The van der Waals surface area contributed by atoms with Crippen LogP contribution in [-0.2, 0) is 0 Å². The molecule has 0 aliphatic heterocycles. The summed E-state index contributed by atoms with van der Waals surface area (Å²) in [5, 5.41) is 17.1. The van der Waals surface area contributed by atoms with Crippen LogP contribution in [0.15, 0.2) is 18.2 Å². The quantitative estimate of drug-likeness (QED) is 0.569. The molecule has 6 nitrogen and oxygen atoms in total. The fourth-order valence-corrected chi connectivity index (χ4v) is 2.41. The molecule has 0 atom stereocenters. The first-order chi connectivity index (χ1) is 9.85. The van der Waals surface area contributed by atoms with Crippen molar-refractivity contribution >= 4 is 17.1 Å². The fourth-order valence-electron chi connectivity index (χ4n) is 2.41. The number of anilines is 2. The molecule has 0 amide bonds. The molecule has 0 radical (unpaired) electrons. The van der Waals surface area contributed by atoms with E-state index in [0.29, 0.717) is 12.1 Å². The number of hydrogen-bond donors (Lipinski definition) is 2. The Morgan fingerprint density at radius 1 is 1.14 bits per heavy atom. The Labute approximate surface area is 126 Å². The minimum atomic E-state index is -0.374. The van der Waals surface area contributed by atoms with E-state index in [1.54, 1.807) is 13.1 Å². The lowest BCUT2D eigenvalue weighted by Gasteiger charge is -2.30. The molecule has 0 unspecified atom stereocenters. The van der Waals surface area contributed by atoms with Crippen LogP contribution in [0, 0.1) is 10.1 Å². The van der Waals surface area contributed by atoms with Crippen molar-refractivity contribution in [1.29, 1.82) is 0 Å². The van der Waals surface area contributed by atoms with Crippen LogP contribution in [0.1, 0.15) is 27.7 Å². The van der Waals surface area contributed by atoms with E-state index in [4.69, 9.17) is 0 Å². The van der Waals surface area contributed by atoms with Crippen LogP contribution in [0.5, 0.6) is 0 Å². The molecule has 0 bridgehead atoms.